The van der Waals surface area contributed by atoms with Gasteiger partial charge in [-0.3, -0.25) is 9.59 Å². The third kappa shape index (κ3) is 4.95. The molecule has 1 aliphatic heterocycles. The SMILES string of the molecule is COc1ccc2nc(-c3cccc(C(=O)N4CCC=C(C(C(C)=O)c5ccccc5)CC4)c3)sc2c1. The minimum absolute atomic E-state index is 0.00775. The highest BCUT2D eigenvalue weighted by atomic mass is 32.1. The zero-order valence-electron chi connectivity index (χ0n) is 20.4. The van der Waals surface area contributed by atoms with E-state index in [-0.39, 0.29) is 17.6 Å². The summed E-state index contributed by atoms with van der Waals surface area (Å²) in [6.07, 6.45) is 3.57. The Labute approximate surface area is 215 Å². The fourth-order valence-electron chi connectivity index (χ4n) is 4.83. The molecular formula is C30H28N2O3S. The van der Waals surface area contributed by atoms with Crippen LogP contribution in [0.5, 0.6) is 5.75 Å². The number of aromatic nitrogens is 1. The Bertz CT molecular complexity index is 1440. The van der Waals surface area contributed by atoms with Gasteiger partial charge in [-0.25, -0.2) is 4.98 Å². The maximum Gasteiger partial charge on any atom is 0.253 e. The van der Waals surface area contributed by atoms with Crippen LogP contribution in [0, 0.1) is 0 Å². The van der Waals surface area contributed by atoms with E-state index < -0.39 is 0 Å². The van der Waals surface area contributed by atoms with Crippen LogP contribution in [0.4, 0.5) is 0 Å². The number of carbonyl (C=O) groups excluding carboxylic acids is 2. The lowest BCUT2D eigenvalue weighted by molar-refractivity contribution is -0.117. The van der Waals surface area contributed by atoms with Gasteiger partial charge in [0.1, 0.15) is 16.5 Å². The van der Waals surface area contributed by atoms with Crippen LogP contribution >= 0.6 is 11.3 Å². The highest BCUT2D eigenvalue weighted by Crippen LogP contribution is 2.33. The van der Waals surface area contributed by atoms with Crippen LogP contribution in [0.15, 0.2) is 84.4 Å². The van der Waals surface area contributed by atoms with E-state index >= 15 is 0 Å². The fraction of sp³-hybridized carbons (Fsp3) is 0.233. The quantitative estimate of drug-likeness (QED) is 0.286. The molecule has 6 heteroatoms. The average Bonchev–Trinajstić information content (AvgIpc) is 3.19. The monoisotopic (exact) mass is 496 g/mol. The summed E-state index contributed by atoms with van der Waals surface area (Å²) >= 11 is 1.59. The Morgan fingerprint density at radius 3 is 2.61 bits per heavy atom. The van der Waals surface area contributed by atoms with Crippen LogP contribution in [-0.2, 0) is 4.79 Å². The van der Waals surface area contributed by atoms with Gasteiger partial charge in [-0.1, -0.05) is 54.1 Å². The molecule has 1 unspecified atom stereocenters. The first-order chi connectivity index (χ1) is 17.5. The Kier molecular flexibility index (Phi) is 6.96. The summed E-state index contributed by atoms with van der Waals surface area (Å²) in [5.41, 5.74) is 4.60. The molecule has 4 aromatic rings. The predicted molar refractivity (Wildman–Crippen MR) is 145 cm³/mol. The molecule has 0 saturated heterocycles. The first-order valence-corrected chi connectivity index (χ1v) is 12.9. The number of ketones is 1. The van der Waals surface area contributed by atoms with Gasteiger partial charge >= 0.3 is 0 Å². The second kappa shape index (κ2) is 10.5. The van der Waals surface area contributed by atoms with Gasteiger partial charge < -0.3 is 9.64 Å². The largest absolute Gasteiger partial charge is 0.497 e. The number of fused-ring (bicyclic) bond motifs is 1. The molecule has 2 heterocycles. The Morgan fingerprint density at radius 1 is 1.00 bits per heavy atom. The van der Waals surface area contributed by atoms with E-state index in [1.807, 2.05) is 77.7 Å². The molecule has 0 spiro atoms. The molecular weight excluding hydrogens is 468 g/mol. The normalized spacial score (nSPS) is 14.7. The summed E-state index contributed by atoms with van der Waals surface area (Å²) < 4.78 is 6.38. The van der Waals surface area contributed by atoms with E-state index in [0.717, 1.165) is 44.1 Å². The molecule has 5 rings (SSSR count). The summed E-state index contributed by atoms with van der Waals surface area (Å²) in [6, 6.07) is 23.4. The molecule has 1 aliphatic rings. The lowest BCUT2D eigenvalue weighted by atomic mass is 9.86. The minimum atomic E-state index is -0.248. The number of ether oxygens (including phenoxy) is 1. The third-order valence-electron chi connectivity index (χ3n) is 6.63. The molecule has 3 aromatic carbocycles. The molecule has 1 atom stereocenters. The summed E-state index contributed by atoms with van der Waals surface area (Å²) in [5.74, 6) is 0.694. The number of thiazole rings is 1. The maximum atomic E-state index is 13.5. The predicted octanol–water partition coefficient (Wildman–Crippen LogP) is 6.51. The minimum Gasteiger partial charge on any atom is -0.497 e. The van der Waals surface area contributed by atoms with Gasteiger partial charge in [-0.2, -0.15) is 0 Å². The molecule has 0 radical (unpaired) electrons. The summed E-state index contributed by atoms with van der Waals surface area (Å²) in [5, 5.41) is 0.875. The van der Waals surface area contributed by atoms with Crippen LogP contribution in [-0.4, -0.2) is 41.8 Å². The van der Waals surface area contributed by atoms with Crippen molar-refractivity contribution in [2.24, 2.45) is 0 Å². The van der Waals surface area contributed by atoms with E-state index in [1.165, 1.54) is 0 Å². The maximum absolute atomic E-state index is 13.5. The first kappa shape index (κ1) is 23.9. The number of methoxy groups -OCH3 is 1. The second-order valence-corrected chi connectivity index (χ2v) is 10.0. The lowest BCUT2D eigenvalue weighted by Crippen LogP contribution is -2.32. The highest BCUT2D eigenvalue weighted by Gasteiger charge is 2.25. The van der Waals surface area contributed by atoms with E-state index in [2.05, 4.69) is 6.08 Å². The van der Waals surface area contributed by atoms with Crippen molar-refractivity contribution >= 4 is 33.2 Å². The topological polar surface area (TPSA) is 59.5 Å². The third-order valence-corrected chi connectivity index (χ3v) is 7.69. The van der Waals surface area contributed by atoms with Crippen LogP contribution in [0.2, 0.25) is 0 Å². The molecule has 0 fully saturated rings. The van der Waals surface area contributed by atoms with Gasteiger partial charge in [-0.05, 0) is 55.7 Å². The summed E-state index contributed by atoms with van der Waals surface area (Å²) in [6.45, 7) is 2.87. The number of carbonyl (C=O) groups is 2. The van der Waals surface area contributed by atoms with Gasteiger partial charge in [0.25, 0.3) is 5.91 Å². The smallest absolute Gasteiger partial charge is 0.253 e. The van der Waals surface area contributed by atoms with E-state index in [9.17, 15) is 9.59 Å². The molecule has 0 N–H and O–H groups in total. The van der Waals surface area contributed by atoms with Crippen LogP contribution in [0.1, 0.15) is 41.6 Å². The van der Waals surface area contributed by atoms with Crippen LogP contribution in [0.3, 0.4) is 0 Å². The van der Waals surface area contributed by atoms with Crippen molar-refractivity contribution in [2.75, 3.05) is 20.2 Å². The number of hydrogen-bond donors (Lipinski definition) is 0. The standard InChI is InChI=1S/C30H28N2O3S/c1-20(33)28(21-8-4-3-5-9-21)22-12-7-16-32(17-15-22)30(34)24-11-6-10-23(18-24)29-31-26-14-13-25(35-2)19-27(26)36-29/h3-6,8-14,18-19,28H,7,15-17H2,1-2H3. The molecule has 1 amide bonds. The summed E-state index contributed by atoms with van der Waals surface area (Å²) in [4.78, 5) is 32.7. The van der Waals surface area contributed by atoms with E-state index in [0.29, 0.717) is 25.1 Å². The number of nitrogens with zero attached hydrogens (tertiary/aromatic N) is 2. The van der Waals surface area contributed by atoms with Crippen molar-refractivity contribution in [1.29, 1.82) is 0 Å². The van der Waals surface area contributed by atoms with Gasteiger partial charge in [0.05, 0.1) is 23.2 Å². The molecule has 1 aromatic heterocycles. The second-order valence-electron chi connectivity index (χ2n) is 9.00. The van der Waals surface area contributed by atoms with Crippen molar-refractivity contribution in [1.82, 2.24) is 9.88 Å². The number of benzene rings is 3. The molecule has 5 nitrogen and oxygen atoms in total. The molecule has 182 valence electrons. The van der Waals surface area contributed by atoms with Crippen molar-refractivity contribution in [3.05, 3.63) is 95.6 Å². The zero-order valence-corrected chi connectivity index (χ0v) is 21.3. The number of rotatable bonds is 6. The summed E-state index contributed by atoms with van der Waals surface area (Å²) in [7, 11) is 1.65. The Balaban J connectivity index is 1.33. The van der Waals surface area contributed by atoms with Gasteiger partial charge in [0.15, 0.2) is 0 Å². The Morgan fingerprint density at radius 2 is 1.83 bits per heavy atom. The molecule has 0 bridgehead atoms. The molecule has 0 saturated carbocycles. The van der Waals surface area contributed by atoms with Crippen LogP contribution in [0.25, 0.3) is 20.8 Å². The van der Waals surface area contributed by atoms with Crippen LogP contribution < -0.4 is 4.74 Å². The zero-order chi connectivity index (χ0) is 25.1. The van der Waals surface area contributed by atoms with Crippen molar-refractivity contribution in [2.45, 2.75) is 25.7 Å². The van der Waals surface area contributed by atoms with E-state index in [1.54, 1.807) is 25.4 Å². The number of hydrogen-bond acceptors (Lipinski definition) is 5. The molecule has 36 heavy (non-hydrogen) atoms. The van der Waals surface area contributed by atoms with Crippen molar-refractivity contribution < 1.29 is 14.3 Å². The lowest BCUT2D eigenvalue weighted by Gasteiger charge is -2.22. The first-order valence-electron chi connectivity index (χ1n) is 12.1. The van der Waals surface area contributed by atoms with Crippen molar-refractivity contribution in [3.63, 3.8) is 0 Å². The van der Waals surface area contributed by atoms with Crippen molar-refractivity contribution in [3.8, 4) is 16.3 Å². The highest BCUT2D eigenvalue weighted by molar-refractivity contribution is 7.21. The van der Waals surface area contributed by atoms with Gasteiger partial charge in [0.2, 0.25) is 0 Å². The Hall–Kier alpha value is -3.77. The fourth-order valence-corrected chi connectivity index (χ4v) is 5.82. The number of amides is 1. The van der Waals surface area contributed by atoms with E-state index in [4.69, 9.17) is 9.72 Å². The van der Waals surface area contributed by atoms with Gasteiger partial charge in [0, 0.05) is 24.2 Å². The molecule has 0 aliphatic carbocycles. The van der Waals surface area contributed by atoms with Gasteiger partial charge in [-0.15, -0.1) is 11.3 Å². The average molecular weight is 497 g/mol. The number of Topliss-reactive ketones (excluding diaryl/α,β-unsaturated/α-hetero) is 1.